The fourth-order valence-corrected chi connectivity index (χ4v) is 2.52. The van der Waals surface area contributed by atoms with E-state index in [0.717, 1.165) is 51.9 Å². The summed E-state index contributed by atoms with van der Waals surface area (Å²) in [5, 5.41) is 11.2. The van der Waals surface area contributed by atoms with Crippen molar-refractivity contribution in [1.82, 2.24) is 0 Å². The predicted molar refractivity (Wildman–Crippen MR) is 70.9 cm³/mol. The fourth-order valence-electron chi connectivity index (χ4n) is 2.52. The molecule has 0 saturated heterocycles. The molecule has 1 N–H and O–H groups in total. The van der Waals surface area contributed by atoms with Crippen LogP contribution in [0.15, 0.2) is 27.0 Å². The zero-order valence-corrected chi connectivity index (χ0v) is 10.6. The maximum atomic E-state index is 9.03. The molecule has 0 fully saturated rings. The van der Waals surface area contributed by atoms with Crippen molar-refractivity contribution >= 4 is 21.9 Å². The molecule has 3 aromatic rings. The van der Waals surface area contributed by atoms with Gasteiger partial charge in [0.25, 0.3) is 0 Å². The van der Waals surface area contributed by atoms with E-state index in [1.807, 2.05) is 32.0 Å². The molecule has 2 heterocycles. The molecule has 0 aliphatic heterocycles. The van der Waals surface area contributed by atoms with Crippen molar-refractivity contribution in [3.63, 3.8) is 0 Å². The molecule has 3 nitrogen and oxygen atoms in total. The van der Waals surface area contributed by atoms with Gasteiger partial charge in [-0.25, -0.2) is 0 Å². The molecule has 0 aliphatic carbocycles. The van der Waals surface area contributed by atoms with Crippen LogP contribution in [0.2, 0.25) is 0 Å². The second kappa shape index (κ2) is 4.18. The maximum absolute atomic E-state index is 9.03. The molecular formula is C15H16O3. The van der Waals surface area contributed by atoms with Gasteiger partial charge < -0.3 is 13.9 Å². The third-order valence-electron chi connectivity index (χ3n) is 3.24. The summed E-state index contributed by atoms with van der Waals surface area (Å²) in [7, 11) is 0. The first kappa shape index (κ1) is 11.4. The summed E-state index contributed by atoms with van der Waals surface area (Å²) in [5.41, 5.74) is 2.96. The minimum absolute atomic E-state index is 0.189. The lowest BCUT2D eigenvalue weighted by atomic mass is 10.0. The Bertz CT molecular complexity index is 648. The van der Waals surface area contributed by atoms with Crippen LogP contribution >= 0.6 is 0 Å². The van der Waals surface area contributed by atoms with Crippen molar-refractivity contribution in [3.8, 4) is 0 Å². The molecule has 94 valence electrons. The maximum Gasteiger partial charge on any atom is 0.138 e. The van der Waals surface area contributed by atoms with Gasteiger partial charge in [-0.1, -0.05) is 0 Å². The second-order valence-electron chi connectivity index (χ2n) is 4.73. The van der Waals surface area contributed by atoms with Crippen LogP contribution in [-0.4, -0.2) is 11.7 Å². The number of aryl methyl sites for hydroxylation is 3. The summed E-state index contributed by atoms with van der Waals surface area (Å²) in [6, 6.07) is 6.09. The Balaban J connectivity index is 2.32. The van der Waals surface area contributed by atoms with E-state index in [4.69, 9.17) is 13.9 Å². The van der Waals surface area contributed by atoms with E-state index < -0.39 is 0 Å². The molecule has 3 heteroatoms. The highest BCUT2D eigenvalue weighted by Crippen LogP contribution is 2.33. The van der Waals surface area contributed by atoms with E-state index in [-0.39, 0.29) is 6.61 Å². The zero-order valence-electron chi connectivity index (χ0n) is 10.6. The van der Waals surface area contributed by atoms with Crippen LogP contribution in [0.5, 0.6) is 0 Å². The number of fused-ring (bicyclic) bond motifs is 2. The van der Waals surface area contributed by atoms with Gasteiger partial charge in [0.05, 0.1) is 0 Å². The van der Waals surface area contributed by atoms with Crippen molar-refractivity contribution in [3.05, 3.63) is 35.3 Å². The Hall–Kier alpha value is -1.74. The largest absolute Gasteiger partial charge is 0.461 e. The van der Waals surface area contributed by atoms with Crippen LogP contribution in [0, 0.1) is 13.8 Å². The summed E-state index contributed by atoms with van der Waals surface area (Å²) >= 11 is 0. The molecular weight excluding hydrogens is 228 g/mol. The van der Waals surface area contributed by atoms with Gasteiger partial charge in [-0.05, 0) is 44.9 Å². The lowest BCUT2D eigenvalue weighted by molar-refractivity contribution is 0.288. The molecule has 0 radical (unpaired) electrons. The quantitative estimate of drug-likeness (QED) is 0.763. The number of hydrogen-bond donors (Lipinski definition) is 1. The summed E-state index contributed by atoms with van der Waals surface area (Å²) in [6.45, 7) is 4.08. The van der Waals surface area contributed by atoms with Gasteiger partial charge in [0, 0.05) is 22.9 Å². The summed E-state index contributed by atoms with van der Waals surface area (Å²) in [4.78, 5) is 0. The van der Waals surface area contributed by atoms with Gasteiger partial charge in [0.1, 0.15) is 22.7 Å². The van der Waals surface area contributed by atoms with Gasteiger partial charge in [0.15, 0.2) is 0 Å². The fraction of sp³-hybridized carbons (Fsp3) is 0.333. The number of rotatable bonds is 3. The number of aliphatic hydroxyl groups excluding tert-OH is 1. The smallest absolute Gasteiger partial charge is 0.138 e. The van der Waals surface area contributed by atoms with Crippen LogP contribution in [0.25, 0.3) is 21.9 Å². The molecule has 0 atom stereocenters. The van der Waals surface area contributed by atoms with Gasteiger partial charge in [-0.3, -0.25) is 0 Å². The Morgan fingerprint density at radius 2 is 1.83 bits per heavy atom. The molecule has 1 aromatic carbocycles. The first-order valence-corrected chi connectivity index (χ1v) is 6.22. The molecule has 0 unspecified atom stereocenters. The highest BCUT2D eigenvalue weighted by Gasteiger charge is 2.14. The molecule has 0 saturated carbocycles. The Kier molecular flexibility index (Phi) is 2.63. The minimum atomic E-state index is 0.189. The molecule has 3 rings (SSSR count). The predicted octanol–water partition coefficient (Wildman–Crippen LogP) is 3.72. The van der Waals surface area contributed by atoms with E-state index in [9.17, 15) is 0 Å². The highest BCUT2D eigenvalue weighted by atomic mass is 16.3. The zero-order chi connectivity index (χ0) is 12.7. The van der Waals surface area contributed by atoms with Crippen molar-refractivity contribution in [2.45, 2.75) is 26.7 Å². The molecule has 18 heavy (non-hydrogen) atoms. The van der Waals surface area contributed by atoms with Gasteiger partial charge in [0.2, 0.25) is 0 Å². The summed E-state index contributed by atoms with van der Waals surface area (Å²) < 4.78 is 11.5. The monoisotopic (exact) mass is 244 g/mol. The molecule has 0 spiro atoms. The van der Waals surface area contributed by atoms with Gasteiger partial charge in [-0.15, -0.1) is 0 Å². The van der Waals surface area contributed by atoms with Crippen molar-refractivity contribution < 1.29 is 13.9 Å². The Morgan fingerprint density at radius 1 is 1.06 bits per heavy atom. The summed E-state index contributed by atoms with van der Waals surface area (Å²) in [5.74, 6) is 1.80. The number of benzene rings is 1. The van der Waals surface area contributed by atoms with Crippen LogP contribution in [0.3, 0.4) is 0 Å². The number of furan rings is 2. The topological polar surface area (TPSA) is 46.5 Å². The van der Waals surface area contributed by atoms with Gasteiger partial charge in [-0.2, -0.15) is 0 Å². The van der Waals surface area contributed by atoms with E-state index in [0.29, 0.717) is 0 Å². The van der Waals surface area contributed by atoms with Gasteiger partial charge >= 0.3 is 0 Å². The van der Waals surface area contributed by atoms with Crippen molar-refractivity contribution in [1.29, 1.82) is 0 Å². The van der Waals surface area contributed by atoms with E-state index in [2.05, 4.69) is 0 Å². The number of hydrogen-bond acceptors (Lipinski definition) is 3. The highest BCUT2D eigenvalue weighted by molar-refractivity contribution is 5.98. The normalized spacial score (nSPS) is 11.7. The minimum Gasteiger partial charge on any atom is -0.461 e. The first-order valence-electron chi connectivity index (χ1n) is 6.22. The van der Waals surface area contributed by atoms with Crippen molar-refractivity contribution in [2.75, 3.05) is 6.61 Å². The van der Waals surface area contributed by atoms with Crippen LogP contribution < -0.4 is 0 Å². The summed E-state index contributed by atoms with van der Waals surface area (Å²) in [6.07, 6.45) is 1.54. The van der Waals surface area contributed by atoms with E-state index in [1.165, 1.54) is 0 Å². The Labute approximate surface area is 105 Å². The van der Waals surface area contributed by atoms with Crippen LogP contribution in [0.4, 0.5) is 0 Å². The third-order valence-corrected chi connectivity index (χ3v) is 3.24. The first-order chi connectivity index (χ1) is 8.69. The van der Waals surface area contributed by atoms with E-state index in [1.54, 1.807) is 0 Å². The lowest BCUT2D eigenvalue weighted by Gasteiger charge is -2.02. The third kappa shape index (κ3) is 1.71. The molecule has 0 amide bonds. The Morgan fingerprint density at radius 3 is 2.61 bits per heavy atom. The molecule has 0 aliphatic rings. The number of aliphatic hydroxyl groups is 1. The van der Waals surface area contributed by atoms with Crippen molar-refractivity contribution in [2.24, 2.45) is 0 Å². The van der Waals surface area contributed by atoms with E-state index >= 15 is 0 Å². The lowest BCUT2D eigenvalue weighted by Crippen LogP contribution is -1.90. The second-order valence-corrected chi connectivity index (χ2v) is 4.73. The van der Waals surface area contributed by atoms with Crippen LogP contribution in [0.1, 0.15) is 23.5 Å². The average molecular weight is 244 g/mol. The molecule has 0 bridgehead atoms. The van der Waals surface area contributed by atoms with Crippen LogP contribution in [-0.2, 0) is 6.42 Å². The SMILES string of the molecule is Cc1cc2c(CCCO)c3oc(C)cc3cc2o1. The average Bonchev–Trinajstić information content (AvgIpc) is 2.85. The standard InChI is InChI=1S/C15H16O3/c1-9-6-11-8-14-13(7-10(2)17-14)12(4-3-5-16)15(11)18-9/h6-8,16H,3-5H2,1-2H3. The molecule has 2 aromatic heterocycles.